The number of rotatable bonds is 15. The topological polar surface area (TPSA) is 36.3 Å². The number of fused-ring (bicyclic) bond motifs is 1. The lowest BCUT2D eigenvalue weighted by atomic mass is 9.89. The first-order valence-corrected chi connectivity index (χ1v) is 14.1. The molecule has 0 atom stereocenters. The molecule has 0 aliphatic carbocycles. The van der Waals surface area contributed by atoms with E-state index in [0.717, 1.165) is 39.7 Å². The molecule has 0 radical (unpaired) electrons. The molecule has 0 saturated heterocycles. The molecule has 0 amide bonds. The van der Waals surface area contributed by atoms with Crippen molar-refractivity contribution < 1.29 is 9.47 Å². The number of benzene rings is 1. The fourth-order valence-corrected chi connectivity index (χ4v) is 4.59. The number of hydrogen-bond donors (Lipinski definition) is 0. The highest BCUT2D eigenvalue weighted by Gasteiger charge is 2.10. The summed E-state index contributed by atoms with van der Waals surface area (Å²) in [4.78, 5) is 4.45. The number of unbranched alkanes of at least 4 members (excludes halogenated alkanes) is 8. The third-order valence-corrected chi connectivity index (χ3v) is 7.34. The molecular formula is C30H43BrN2O2. The maximum absolute atomic E-state index is 6.09. The van der Waals surface area contributed by atoms with Crippen molar-refractivity contribution in [3.63, 3.8) is 0 Å². The van der Waals surface area contributed by atoms with Crippen LogP contribution in [0.15, 0.2) is 47.2 Å². The van der Waals surface area contributed by atoms with Crippen LogP contribution in [0.3, 0.4) is 0 Å². The molecule has 0 unspecified atom stereocenters. The van der Waals surface area contributed by atoms with Gasteiger partial charge in [-0.3, -0.25) is 0 Å². The third kappa shape index (κ3) is 9.61. The second-order valence-electron chi connectivity index (χ2n) is 10.9. The Balaban J connectivity index is 1.31. The Morgan fingerprint density at radius 1 is 0.886 bits per heavy atom. The van der Waals surface area contributed by atoms with Crippen molar-refractivity contribution in [3.8, 4) is 11.6 Å². The first-order chi connectivity index (χ1) is 16.8. The van der Waals surface area contributed by atoms with Gasteiger partial charge in [0.1, 0.15) is 12.5 Å². The van der Waals surface area contributed by atoms with Crippen molar-refractivity contribution in [3.05, 3.63) is 52.8 Å². The standard InChI is InChI=1S/C30H43BrN2O2/c1-24-22-25(14-15-27(24)31)35-29-26-17-20-33(28(26)16-19-32-29)23-34-21-13-11-9-7-5-6-8-10-12-18-30(2,3)4/h14-17,19-20,22H,5-13,18,21,23H2,1-4H3. The van der Waals surface area contributed by atoms with Crippen molar-refractivity contribution in [2.24, 2.45) is 5.41 Å². The van der Waals surface area contributed by atoms with E-state index in [1.807, 2.05) is 30.5 Å². The molecule has 35 heavy (non-hydrogen) atoms. The molecule has 192 valence electrons. The lowest BCUT2D eigenvalue weighted by molar-refractivity contribution is 0.0766. The van der Waals surface area contributed by atoms with Crippen LogP contribution in [0.4, 0.5) is 0 Å². The van der Waals surface area contributed by atoms with Crippen molar-refractivity contribution in [1.82, 2.24) is 9.55 Å². The van der Waals surface area contributed by atoms with E-state index in [1.165, 1.54) is 57.8 Å². The summed E-state index contributed by atoms with van der Waals surface area (Å²) in [6, 6.07) is 10.0. The Morgan fingerprint density at radius 3 is 2.26 bits per heavy atom. The van der Waals surface area contributed by atoms with Crippen LogP contribution in [0.5, 0.6) is 11.6 Å². The van der Waals surface area contributed by atoms with Crippen LogP contribution in [0, 0.1) is 12.3 Å². The summed E-state index contributed by atoms with van der Waals surface area (Å²) in [5, 5.41) is 0.995. The molecular weight excluding hydrogens is 500 g/mol. The predicted molar refractivity (Wildman–Crippen MR) is 150 cm³/mol. The molecule has 5 heteroatoms. The van der Waals surface area contributed by atoms with Gasteiger partial charge in [0.05, 0.1) is 10.9 Å². The van der Waals surface area contributed by atoms with E-state index in [1.54, 1.807) is 6.20 Å². The molecule has 1 aromatic carbocycles. The average Bonchev–Trinajstić information content (AvgIpc) is 3.23. The minimum absolute atomic E-state index is 0.491. The van der Waals surface area contributed by atoms with Gasteiger partial charge in [0, 0.05) is 23.5 Å². The van der Waals surface area contributed by atoms with Gasteiger partial charge < -0.3 is 14.0 Å². The highest BCUT2D eigenvalue weighted by molar-refractivity contribution is 9.10. The SMILES string of the molecule is Cc1cc(Oc2nccc3c2ccn3COCCCCCCCCCCCC(C)(C)C)ccc1Br. The lowest BCUT2D eigenvalue weighted by Gasteiger charge is -2.17. The minimum atomic E-state index is 0.491. The zero-order chi connectivity index (χ0) is 25.1. The summed E-state index contributed by atoms with van der Waals surface area (Å²) in [5.41, 5.74) is 2.70. The number of halogens is 1. The molecule has 4 nitrogen and oxygen atoms in total. The number of aromatic nitrogens is 2. The summed E-state index contributed by atoms with van der Waals surface area (Å²) >= 11 is 3.54. The highest BCUT2D eigenvalue weighted by atomic mass is 79.9. The van der Waals surface area contributed by atoms with Gasteiger partial charge in [-0.2, -0.15) is 0 Å². The van der Waals surface area contributed by atoms with Gasteiger partial charge in [-0.25, -0.2) is 4.98 Å². The Labute approximate surface area is 220 Å². The van der Waals surface area contributed by atoms with Crippen LogP contribution in [0.2, 0.25) is 0 Å². The molecule has 0 aliphatic rings. The fraction of sp³-hybridized carbons (Fsp3) is 0.567. The van der Waals surface area contributed by atoms with Gasteiger partial charge in [0.25, 0.3) is 0 Å². The van der Waals surface area contributed by atoms with E-state index in [9.17, 15) is 0 Å². The molecule has 2 aromatic heterocycles. The zero-order valence-corrected chi connectivity index (χ0v) is 23.7. The number of pyridine rings is 1. The number of aryl methyl sites for hydroxylation is 1. The molecule has 0 aliphatic heterocycles. The monoisotopic (exact) mass is 542 g/mol. The quantitative estimate of drug-likeness (QED) is 0.179. The van der Waals surface area contributed by atoms with Gasteiger partial charge in [-0.05, 0) is 61.1 Å². The Hall–Kier alpha value is -1.85. The largest absolute Gasteiger partial charge is 0.438 e. The molecule has 3 rings (SSSR count). The second kappa shape index (κ2) is 14.0. The molecule has 0 spiro atoms. The Kier molecular flexibility index (Phi) is 11.1. The first-order valence-electron chi connectivity index (χ1n) is 13.3. The summed E-state index contributed by atoms with van der Waals surface area (Å²) in [7, 11) is 0. The summed E-state index contributed by atoms with van der Waals surface area (Å²) < 4.78 is 15.2. The normalized spacial score (nSPS) is 11.9. The van der Waals surface area contributed by atoms with E-state index in [0.29, 0.717) is 18.0 Å². The van der Waals surface area contributed by atoms with Gasteiger partial charge in [-0.15, -0.1) is 0 Å². The van der Waals surface area contributed by atoms with Crippen LogP contribution in [0.25, 0.3) is 10.9 Å². The van der Waals surface area contributed by atoms with Gasteiger partial charge in [0.15, 0.2) is 0 Å². The molecule has 2 heterocycles. The van der Waals surface area contributed by atoms with Crippen LogP contribution < -0.4 is 4.74 Å². The van der Waals surface area contributed by atoms with Crippen molar-refractivity contribution in [1.29, 1.82) is 0 Å². The molecule has 0 N–H and O–H groups in total. The fourth-order valence-electron chi connectivity index (χ4n) is 4.34. The van der Waals surface area contributed by atoms with E-state index >= 15 is 0 Å². The molecule has 0 bridgehead atoms. The highest BCUT2D eigenvalue weighted by Crippen LogP contribution is 2.30. The van der Waals surface area contributed by atoms with Crippen molar-refractivity contribution in [2.75, 3.05) is 6.61 Å². The third-order valence-electron chi connectivity index (χ3n) is 6.45. The van der Waals surface area contributed by atoms with Crippen molar-refractivity contribution in [2.45, 2.75) is 98.6 Å². The first kappa shape index (κ1) is 27.7. The summed E-state index contributed by atoms with van der Waals surface area (Å²) in [5.74, 6) is 1.41. The lowest BCUT2D eigenvalue weighted by Crippen LogP contribution is -2.03. The number of nitrogens with zero attached hydrogens (tertiary/aromatic N) is 2. The maximum Gasteiger partial charge on any atom is 0.228 e. The van der Waals surface area contributed by atoms with Crippen LogP contribution in [0.1, 0.15) is 90.5 Å². The van der Waals surface area contributed by atoms with Gasteiger partial charge in [-0.1, -0.05) is 88.1 Å². The Morgan fingerprint density at radius 2 is 1.57 bits per heavy atom. The second-order valence-corrected chi connectivity index (χ2v) is 11.7. The van der Waals surface area contributed by atoms with Crippen LogP contribution in [-0.2, 0) is 11.5 Å². The van der Waals surface area contributed by atoms with Gasteiger partial charge >= 0.3 is 0 Å². The van der Waals surface area contributed by atoms with Crippen LogP contribution >= 0.6 is 15.9 Å². The van der Waals surface area contributed by atoms with E-state index in [-0.39, 0.29) is 0 Å². The summed E-state index contributed by atoms with van der Waals surface area (Å²) in [6.45, 7) is 10.4. The van der Waals surface area contributed by atoms with E-state index in [2.05, 4.69) is 59.2 Å². The average molecular weight is 544 g/mol. The Bertz CT molecular complexity index is 1040. The van der Waals surface area contributed by atoms with Crippen LogP contribution in [-0.4, -0.2) is 16.2 Å². The van der Waals surface area contributed by atoms with Crippen molar-refractivity contribution >= 4 is 26.8 Å². The zero-order valence-electron chi connectivity index (χ0n) is 22.1. The molecule has 0 saturated carbocycles. The number of ether oxygens (including phenoxy) is 2. The maximum atomic E-state index is 6.09. The number of hydrogen-bond acceptors (Lipinski definition) is 3. The smallest absolute Gasteiger partial charge is 0.228 e. The molecule has 0 fully saturated rings. The molecule has 3 aromatic rings. The van der Waals surface area contributed by atoms with E-state index < -0.39 is 0 Å². The van der Waals surface area contributed by atoms with Gasteiger partial charge in [0.2, 0.25) is 5.88 Å². The minimum Gasteiger partial charge on any atom is -0.438 e. The summed E-state index contributed by atoms with van der Waals surface area (Å²) in [6.07, 6.45) is 17.2. The van der Waals surface area contributed by atoms with E-state index in [4.69, 9.17) is 9.47 Å². The predicted octanol–water partition coefficient (Wildman–Crippen LogP) is 9.82.